The molecular weight excluding hydrogens is 554 g/mol. The number of allylic oxidation sites excluding steroid dienone is 1. The normalized spacial score (nSPS) is 33.5. The van der Waals surface area contributed by atoms with Gasteiger partial charge in [0.2, 0.25) is 11.8 Å². The van der Waals surface area contributed by atoms with E-state index in [0.717, 1.165) is 36.7 Å². The van der Waals surface area contributed by atoms with Crippen molar-refractivity contribution in [3.8, 4) is 0 Å². The number of amides is 2. The van der Waals surface area contributed by atoms with Crippen LogP contribution in [0.1, 0.15) is 46.5 Å². The minimum absolute atomic E-state index is 0.0603. The summed E-state index contributed by atoms with van der Waals surface area (Å²) in [7, 11) is 0. The van der Waals surface area contributed by atoms with Crippen LogP contribution < -0.4 is 0 Å². The molecular formula is C31H39N5O5S. The summed E-state index contributed by atoms with van der Waals surface area (Å²) in [6, 6.07) is 6.10. The second kappa shape index (κ2) is 11.1. The topological polar surface area (TPSA) is 118 Å². The fraction of sp³-hybridized carbons (Fsp3) is 0.581. The van der Waals surface area contributed by atoms with Gasteiger partial charge in [-0.3, -0.25) is 14.4 Å². The van der Waals surface area contributed by atoms with Crippen molar-refractivity contribution in [2.45, 2.75) is 74.7 Å². The number of esters is 1. The van der Waals surface area contributed by atoms with E-state index in [-0.39, 0.29) is 31.0 Å². The zero-order valence-corrected chi connectivity index (χ0v) is 25.2. The number of para-hydroxylation sites is 1. The van der Waals surface area contributed by atoms with Crippen molar-refractivity contribution >= 4 is 40.6 Å². The minimum atomic E-state index is -1.01. The number of thioether (sulfide) groups is 1. The van der Waals surface area contributed by atoms with Crippen LogP contribution in [0, 0.1) is 17.8 Å². The molecule has 2 fully saturated rings. The van der Waals surface area contributed by atoms with Crippen molar-refractivity contribution in [2.24, 2.45) is 17.8 Å². The first-order valence-corrected chi connectivity index (χ1v) is 15.8. The van der Waals surface area contributed by atoms with Crippen LogP contribution in [0.25, 0.3) is 11.0 Å². The summed E-state index contributed by atoms with van der Waals surface area (Å²) in [5.41, 5.74) is 1.54. The van der Waals surface area contributed by atoms with E-state index in [1.165, 1.54) is 11.8 Å². The summed E-state index contributed by atoms with van der Waals surface area (Å²) in [6.07, 6.45) is 11.3. The first kappa shape index (κ1) is 28.9. The maximum absolute atomic E-state index is 14.8. The van der Waals surface area contributed by atoms with E-state index < -0.39 is 39.4 Å². The Balaban J connectivity index is 1.47. The highest BCUT2D eigenvalue weighted by molar-refractivity contribution is 8.02. The number of cyclic esters (lactones) is 1. The maximum atomic E-state index is 14.8. The summed E-state index contributed by atoms with van der Waals surface area (Å²) in [5, 5.41) is 19.2. The Morgan fingerprint density at radius 2 is 1.93 bits per heavy atom. The first-order valence-electron chi connectivity index (χ1n) is 15.0. The number of hydrogen-bond acceptors (Lipinski definition) is 8. The maximum Gasteiger partial charge on any atom is 0.311 e. The predicted octanol–water partition coefficient (Wildman–Crippen LogP) is 3.17. The second-order valence-electron chi connectivity index (χ2n) is 12.1. The van der Waals surface area contributed by atoms with Crippen molar-refractivity contribution in [3.63, 3.8) is 0 Å². The Kier molecular flexibility index (Phi) is 7.67. The first-order chi connectivity index (χ1) is 20.3. The van der Waals surface area contributed by atoms with Crippen LogP contribution in [0.4, 0.5) is 0 Å². The molecule has 42 heavy (non-hydrogen) atoms. The van der Waals surface area contributed by atoms with Crippen LogP contribution in [0.15, 0.2) is 48.6 Å². The van der Waals surface area contributed by atoms with Crippen molar-refractivity contribution in [2.75, 3.05) is 19.8 Å². The van der Waals surface area contributed by atoms with Gasteiger partial charge in [-0.15, -0.1) is 16.9 Å². The van der Waals surface area contributed by atoms with Crippen LogP contribution in [0.5, 0.6) is 0 Å². The van der Waals surface area contributed by atoms with Crippen molar-refractivity contribution in [1.82, 2.24) is 24.8 Å². The third-order valence-electron chi connectivity index (χ3n) is 9.59. The number of carbonyl (C=O) groups is 3. The molecule has 0 aliphatic carbocycles. The van der Waals surface area contributed by atoms with E-state index >= 15 is 0 Å². The molecule has 1 aromatic heterocycles. The molecule has 0 radical (unpaired) electrons. The summed E-state index contributed by atoms with van der Waals surface area (Å²) < 4.78 is 5.71. The van der Waals surface area contributed by atoms with Gasteiger partial charge < -0.3 is 19.6 Å². The number of aromatic nitrogens is 3. The van der Waals surface area contributed by atoms with E-state index in [1.807, 2.05) is 57.2 Å². The minimum Gasteiger partial charge on any atom is -0.465 e. The quantitative estimate of drug-likeness (QED) is 0.401. The SMILES string of the molecule is CC[C@H](C)[C@H](CO)N1C(=O)[C@@H]2[C@H]3C(=O)OCCCC/C=C\[C@@]3(C)S[C@@]23C=CCN(Cn2nnc4ccccc42)C(=O)C13. The molecule has 11 heteroatoms. The smallest absolute Gasteiger partial charge is 0.311 e. The highest BCUT2D eigenvalue weighted by Gasteiger charge is 2.74. The summed E-state index contributed by atoms with van der Waals surface area (Å²) >= 11 is 1.52. The summed E-state index contributed by atoms with van der Waals surface area (Å²) in [5.74, 6) is -2.53. The summed E-state index contributed by atoms with van der Waals surface area (Å²) in [4.78, 5) is 46.5. The molecule has 1 unspecified atom stereocenters. The molecule has 2 amide bonds. The van der Waals surface area contributed by atoms with Gasteiger partial charge in [-0.2, -0.15) is 0 Å². The average Bonchev–Trinajstić information content (AvgIpc) is 3.54. The fourth-order valence-corrected chi connectivity index (χ4v) is 9.41. The van der Waals surface area contributed by atoms with Gasteiger partial charge in [-0.05, 0) is 44.2 Å². The van der Waals surface area contributed by atoms with Gasteiger partial charge >= 0.3 is 5.97 Å². The summed E-state index contributed by atoms with van der Waals surface area (Å²) in [6.45, 7) is 6.50. The highest BCUT2D eigenvalue weighted by atomic mass is 32.2. The molecule has 2 aromatic rings. The lowest BCUT2D eigenvalue weighted by atomic mass is 9.74. The molecule has 2 saturated heterocycles. The third-order valence-corrected chi connectivity index (χ3v) is 11.4. The fourth-order valence-electron chi connectivity index (χ4n) is 7.27. The monoisotopic (exact) mass is 593 g/mol. The number of nitrogens with zero attached hydrogens (tertiary/aromatic N) is 5. The van der Waals surface area contributed by atoms with Crippen LogP contribution in [-0.2, 0) is 25.8 Å². The van der Waals surface area contributed by atoms with E-state index in [1.54, 1.807) is 14.5 Å². The van der Waals surface area contributed by atoms with Crippen LogP contribution in [0.2, 0.25) is 0 Å². The molecule has 1 spiro atoms. The van der Waals surface area contributed by atoms with Crippen molar-refractivity contribution < 1.29 is 24.2 Å². The molecule has 5 heterocycles. The van der Waals surface area contributed by atoms with Gasteiger partial charge in [-0.1, -0.05) is 61.9 Å². The van der Waals surface area contributed by atoms with E-state index in [0.29, 0.717) is 13.2 Å². The van der Waals surface area contributed by atoms with Gasteiger partial charge in [0.1, 0.15) is 18.2 Å². The zero-order chi connectivity index (χ0) is 29.6. The van der Waals surface area contributed by atoms with E-state index in [2.05, 4.69) is 22.5 Å². The standard InChI is InChI=1S/C31H39N5O5S/c1-4-20(2)23(18-37)36-26-28(39)34(19-35-22-13-8-7-12-21(22)32-33-35)16-11-15-31(26)24(27(36)38)25-29(40)41-17-10-6-5-9-14-30(25,3)42-31/h7-9,11-15,20,23-26,37H,4-6,10,16-19H2,1-3H3/b14-9-/t20-,23-,24-,25-,26?,30+,31-/m0/s1. The number of aliphatic hydroxyl groups is 1. The van der Waals surface area contributed by atoms with Crippen molar-refractivity contribution in [3.05, 3.63) is 48.6 Å². The Labute approximate surface area is 250 Å². The van der Waals surface area contributed by atoms with Gasteiger partial charge in [0.25, 0.3) is 0 Å². The van der Waals surface area contributed by atoms with Crippen molar-refractivity contribution in [1.29, 1.82) is 0 Å². The molecule has 1 N–H and O–H groups in total. The number of aliphatic hydroxyl groups excluding tert-OH is 1. The molecule has 224 valence electrons. The molecule has 10 nitrogen and oxygen atoms in total. The van der Waals surface area contributed by atoms with Crippen LogP contribution in [-0.4, -0.2) is 89.0 Å². The van der Waals surface area contributed by atoms with Gasteiger partial charge in [-0.25, -0.2) is 4.68 Å². The molecule has 6 rings (SSSR count). The van der Waals surface area contributed by atoms with Gasteiger partial charge in [0, 0.05) is 11.3 Å². The number of likely N-dealkylation sites (tertiary alicyclic amines) is 1. The number of benzene rings is 1. The Morgan fingerprint density at radius 3 is 2.71 bits per heavy atom. The molecule has 0 saturated carbocycles. The van der Waals surface area contributed by atoms with E-state index in [9.17, 15) is 19.5 Å². The average molecular weight is 594 g/mol. The Bertz CT molecular complexity index is 1440. The van der Waals surface area contributed by atoms with E-state index in [4.69, 9.17) is 4.74 Å². The largest absolute Gasteiger partial charge is 0.465 e. The number of ether oxygens (including phenoxy) is 1. The van der Waals surface area contributed by atoms with Crippen LogP contribution >= 0.6 is 11.8 Å². The van der Waals surface area contributed by atoms with Crippen LogP contribution in [0.3, 0.4) is 0 Å². The second-order valence-corrected chi connectivity index (χ2v) is 13.9. The molecule has 4 aliphatic heterocycles. The Hall–Kier alpha value is -3.18. The zero-order valence-electron chi connectivity index (χ0n) is 24.4. The lowest BCUT2D eigenvalue weighted by Crippen LogP contribution is -2.58. The number of rotatable bonds is 6. The van der Waals surface area contributed by atoms with Gasteiger partial charge in [0.05, 0.1) is 41.4 Å². The van der Waals surface area contributed by atoms with Gasteiger partial charge in [0.15, 0.2) is 0 Å². The molecule has 0 bridgehead atoms. The number of carbonyl (C=O) groups excluding carboxylic acids is 3. The highest BCUT2D eigenvalue weighted by Crippen LogP contribution is 2.65. The molecule has 4 aliphatic rings. The molecule has 7 atom stereocenters. The predicted molar refractivity (Wildman–Crippen MR) is 159 cm³/mol. The number of fused-ring (bicyclic) bond motifs is 3. The Morgan fingerprint density at radius 1 is 1.12 bits per heavy atom. The third kappa shape index (κ3) is 4.47. The molecule has 1 aromatic carbocycles. The lowest BCUT2D eigenvalue weighted by molar-refractivity contribution is -0.155. The number of hydrogen-bond donors (Lipinski definition) is 1. The lowest BCUT2D eigenvalue weighted by Gasteiger charge is -2.41.